The Morgan fingerprint density at radius 3 is 2.43 bits per heavy atom. The van der Waals surface area contributed by atoms with E-state index in [9.17, 15) is 0 Å². The van der Waals surface area contributed by atoms with Crippen molar-refractivity contribution in [2.75, 3.05) is 14.2 Å². The molecule has 6 nitrogen and oxygen atoms in total. The van der Waals surface area contributed by atoms with E-state index in [0.717, 1.165) is 33.1 Å². The molecule has 0 atom stereocenters. The molecule has 7 heteroatoms. The van der Waals surface area contributed by atoms with Crippen molar-refractivity contribution in [3.05, 3.63) is 63.8 Å². The third-order valence-corrected chi connectivity index (χ3v) is 5.25. The fourth-order valence-electron chi connectivity index (χ4n) is 2.90. The van der Waals surface area contributed by atoms with Gasteiger partial charge in [0.05, 0.1) is 37.3 Å². The largest absolute Gasteiger partial charge is 0.497 e. The summed E-state index contributed by atoms with van der Waals surface area (Å²) in [6.07, 6.45) is 0. The van der Waals surface area contributed by atoms with E-state index < -0.39 is 0 Å². The number of thiazole rings is 1. The molecule has 1 aromatic heterocycles. The van der Waals surface area contributed by atoms with Gasteiger partial charge in [-0.15, -0.1) is 11.3 Å². The van der Waals surface area contributed by atoms with Gasteiger partial charge in [-0.25, -0.2) is 4.68 Å². The highest BCUT2D eigenvalue weighted by molar-refractivity contribution is 7.07. The first-order chi connectivity index (χ1) is 14.5. The number of aromatic nitrogens is 1. The summed E-state index contributed by atoms with van der Waals surface area (Å²) in [5, 5.41) is 15.9. The summed E-state index contributed by atoms with van der Waals surface area (Å²) in [6.45, 7) is 6.02. The molecule has 2 aromatic carbocycles. The maximum atomic E-state index is 9.03. The van der Waals surface area contributed by atoms with Crippen LogP contribution in [0.15, 0.2) is 57.9 Å². The van der Waals surface area contributed by atoms with Crippen molar-refractivity contribution >= 4 is 17.0 Å². The maximum Gasteiger partial charge on any atom is 0.206 e. The lowest BCUT2D eigenvalue weighted by molar-refractivity contribution is 0.395. The summed E-state index contributed by atoms with van der Waals surface area (Å²) in [6, 6.07) is 15.4. The van der Waals surface area contributed by atoms with Crippen LogP contribution in [-0.4, -0.2) is 30.6 Å². The number of methoxy groups -OCH3 is 2. The highest BCUT2D eigenvalue weighted by Crippen LogP contribution is 2.33. The summed E-state index contributed by atoms with van der Waals surface area (Å²) < 4.78 is 12.8. The van der Waals surface area contributed by atoms with E-state index >= 15 is 0 Å². The predicted octanol–water partition coefficient (Wildman–Crippen LogP) is 4.69. The molecular formula is C23H24N4O2S. The molecule has 1 heterocycles. The minimum atomic E-state index is 0.130. The second-order valence-electron chi connectivity index (χ2n) is 6.88. The highest BCUT2D eigenvalue weighted by atomic mass is 32.1. The summed E-state index contributed by atoms with van der Waals surface area (Å²) in [7, 11) is 3.27. The normalized spacial score (nSPS) is 12.2. The van der Waals surface area contributed by atoms with Gasteiger partial charge in [-0.1, -0.05) is 12.1 Å². The Morgan fingerprint density at radius 2 is 1.83 bits per heavy atom. The van der Waals surface area contributed by atoms with Crippen LogP contribution in [0.5, 0.6) is 11.5 Å². The molecule has 0 N–H and O–H groups in total. The van der Waals surface area contributed by atoms with E-state index in [1.165, 1.54) is 11.3 Å². The standard InChI is InChI=1S/C23H24N4O2S/c1-15(2)25-23-27(26-16(3)18-8-6-17(13-24)7-9-18)21(14-30-23)20-11-10-19(28-4)12-22(20)29-5/h6-12,14-15H,1-5H3. The smallest absolute Gasteiger partial charge is 0.206 e. The van der Waals surface area contributed by atoms with Crippen LogP contribution in [0.4, 0.5) is 0 Å². The molecule has 3 rings (SSSR count). The van der Waals surface area contributed by atoms with Gasteiger partial charge in [0.2, 0.25) is 4.80 Å². The molecule has 0 amide bonds. The number of hydrogen-bond acceptors (Lipinski definition) is 6. The fourth-order valence-corrected chi connectivity index (χ4v) is 3.85. The summed E-state index contributed by atoms with van der Waals surface area (Å²) in [5.74, 6) is 1.42. The van der Waals surface area contributed by atoms with Crippen molar-refractivity contribution in [3.63, 3.8) is 0 Å². The van der Waals surface area contributed by atoms with Gasteiger partial charge in [-0.05, 0) is 50.6 Å². The molecule has 0 fully saturated rings. The van der Waals surface area contributed by atoms with Crippen LogP contribution in [0.25, 0.3) is 11.3 Å². The fraction of sp³-hybridized carbons (Fsp3) is 0.261. The van der Waals surface area contributed by atoms with Gasteiger partial charge < -0.3 is 9.47 Å². The third-order valence-electron chi connectivity index (χ3n) is 4.42. The Morgan fingerprint density at radius 1 is 1.10 bits per heavy atom. The van der Waals surface area contributed by atoms with Crippen LogP contribution in [0, 0.1) is 11.3 Å². The molecular weight excluding hydrogens is 396 g/mol. The lowest BCUT2D eigenvalue weighted by atomic mass is 10.1. The number of nitrogens with zero attached hydrogens (tertiary/aromatic N) is 4. The maximum absolute atomic E-state index is 9.03. The first-order valence-electron chi connectivity index (χ1n) is 9.49. The minimum absolute atomic E-state index is 0.130. The lowest BCUT2D eigenvalue weighted by Crippen LogP contribution is -2.16. The molecule has 30 heavy (non-hydrogen) atoms. The topological polar surface area (TPSA) is 71.9 Å². The lowest BCUT2D eigenvalue weighted by Gasteiger charge is -2.12. The Kier molecular flexibility index (Phi) is 6.70. The van der Waals surface area contributed by atoms with Crippen molar-refractivity contribution < 1.29 is 9.47 Å². The molecule has 0 unspecified atom stereocenters. The average molecular weight is 421 g/mol. The van der Waals surface area contributed by atoms with E-state index in [2.05, 4.69) is 6.07 Å². The molecule has 0 aliphatic rings. The van der Waals surface area contributed by atoms with Gasteiger partial charge in [0.1, 0.15) is 11.5 Å². The van der Waals surface area contributed by atoms with E-state index in [1.807, 2.05) is 61.2 Å². The number of nitriles is 1. The SMILES string of the molecule is COc1ccc(-c2csc(=NC(C)C)n2N=C(C)c2ccc(C#N)cc2)c(OC)c1. The third kappa shape index (κ3) is 4.61. The van der Waals surface area contributed by atoms with Crippen molar-refractivity contribution in [1.29, 1.82) is 5.26 Å². The van der Waals surface area contributed by atoms with Gasteiger partial charge in [0, 0.05) is 23.1 Å². The molecule has 3 aromatic rings. The number of rotatable bonds is 6. The van der Waals surface area contributed by atoms with Crippen LogP contribution in [0.1, 0.15) is 31.9 Å². The number of benzene rings is 2. The van der Waals surface area contributed by atoms with Gasteiger partial charge >= 0.3 is 0 Å². The molecule has 0 saturated carbocycles. The molecule has 0 aliphatic heterocycles. The average Bonchev–Trinajstić information content (AvgIpc) is 3.14. The molecule has 0 radical (unpaired) electrons. The van der Waals surface area contributed by atoms with Gasteiger partial charge in [0.25, 0.3) is 0 Å². The molecule has 0 bridgehead atoms. The van der Waals surface area contributed by atoms with Gasteiger partial charge in [0.15, 0.2) is 0 Å². The number of ether oxygens (including phenoxy) is 2. The Labute approximate surface area is 180 Å². The zero-order valence-corrected chi connectivity index (χ0v) is 18.5. The predicted molar refractivity (Wildman–Crippen MR) is 120 cm³/mol. The van der Waals surface area contributed by atoms with Crippen LogP contribution < -0.4 is 14.3 Å². The van der Waals surface area contributed by atoms with Gasteiger partial charge in [-0.3, -0.25) is 4.99 Å². The molecule has 154 valence electrons. The monoisotopic (exact) mass is 420 g/mol. The second-order valence-corrected chi connectivity index (χ2v) is 7.72. The quantitative estimate of drug-likeness (QED) is 0.543. The zero-order chi connectivity index (χ0) is 21.7. The molecule has 0 saturated heterocycles. The van der Waals surface area contributed by atoms with Crippen molar-refractivity contribution in [3.8, 4) is 28.8 Å². The van der Waals surface area contributed by atoms with E-state index in [4.69, 9.17) is 24.8 Å². The summed E-state index contributed by atoms with van der Waals surface area (Å²) in [4.78, 5) is 5.53. The Balaban J connectivity index is 2.18. The van der Waals surface area contributed by atoms with Crippen LogP contribution >= 0.6 is 11.3 Å². The summed E-state index contributed by atoms with van der Waals surface area (Å²) >= 11 is 1.53. The number of hydrogen-bond donors (Lipinski definition) is 0. The first kappa shape index (κ1) is 21.3. The van der Waals surface area contributed by atoms with Crippen LogP contribution in [0.2, 0.25) is 0 Å². The Hall–Kier alpha value is -3.37. The minimum Gasteiger partial charge on any atom is -0.497 e. The molecule has 0 aliphatic carbocycles. The van der Waals surface area contributed by atoms with Crippen molar-refractivity contribution in [2.45, 2.75) is 26.8 Å². The van der Waals surface area contributed by atoms with Crippen LogP contribution in [-0.2, 0) is 0 Å². The molecule has 0 spiro atoms. The van der Waals surface area contributed by atoms with Crippen molar-refractivity contribution in [2.24, 2.45) is 10.1 Å². The van der Waals surface area contributed by atoms with Gasteiger partial charge in [-0.2, -0.15) is 10.4 Å². The first-order valence-corrected chi connectivity index (χ1v) is 10.4. The van der Waals surface area contributed by atoms with E-state index in [0.29, 0.717) is 11.3 Å². The van der Waals surface area contributed by atoms with Crippen molar-refractivity contribution in [1.82, 2.24) is 4.68 Å². The highest BCUT2D eigenvalue weighted by Gasteiger charge is 2.14. The zero-order valence-electron chi connectivity index (χ0n) is 17.7. The Bertz CT molecular complexity index is 1170. The van der Waals surface area contributed by atoms with Crippen LogP contribution in [0.3, 0.4) is 0 Å². The summed E-state index contributed by atoms with van der Waals surface area (Å²) in [5.41, 5.74) is 4.16. The van der Waals surface area contributed by atoms with E-state index in [1.54, 1.807) is 26.4 Å². The van der Waals surface area contributed by atoms with E-state index in [-0.39, 0.29) is 6.04 Å². The second kappa shape index (κ2) is 9.42.